The fourth-order valence-electron chi connectivity index (χ4n) is 3.82. The van der Waals surface area contributed by atoms with E-state index in [1.807, 2.05) is 36.0 Å². The van der Waals surface area contributed by atoms with Crippen LogP contribution in [-0.2, 0) is 23.0 Å². The number of nitrogens with zero attached hydrogens (tertiary/aromatic N) is 2. The number of carbonyl (C=O) groups excluding carboxylic acids is 1. The maximum atomic E-state index is 12.8. The number of nitrogens with one attached hydrogen (secondary N) is 1. The number of ether oxygens (including phenoxy) is 2. The highest BCUT2D eigenvalue weighted by Crippen LogP contribution is 2.35. The molecule has 0 bridgehead atoms. The largest absolute Gasteiger partial charge is 0.497 e. The van der Waals surface area contributed by atoms with E-state index in [0.29, 0.717) is 31.3 Å². The molecule has 1 saturated heterocycles. The summed E-state index contributed by atoms with van der Waals surface area (Å²) in [6.45, 7) is 1.88. The molecule has 1 fully saturated rings. The third-order valence-corrected chi connectivity index (χ3v) is 6.83. The van der Waals surface area contributed by atoms with Gasteiger partial charge in [-0.2, -0.15) is 0 Å². The summed E-state index contributed by atoms with van der Waals surface area (Å²) >= 11 is 1.57. The molecule has 3 heterocycles. The van der Waals surface area contributed by atoms with Gasteiger partial charge >= 0.3 is 0 Å². The monoisotopic (exact) mass is 441 g/mol. The number of aryl methyl sites for hydroxylation is 1. The normalized spacial score (nSPS) is 15.5. The predicted molar refractivity (Wildman–Crippen MR) is 119 cm³/mol. The minimum absolute atomic E-state index is 0.163. The van der Waals surface area contributed by atoms with E-state index in [-0.39, 0.29) is 11.3 Å². The second-order valence-corrected chi connectivity index (χ2v) is 8.62. The first-order chi connectivity index (χ1) is 15.1. The fraction of sp³-hybridized carbons (Fsp3) is 0.391. The van der Waals surface area contributed by atoms with Crippen molar-refractivity contribution in [1.82, 2.24) is 14.9 Å². The van der Waals surface area contributed by atoms with E-state index in [4.69, 9.17) is 13.9 Å². The Balaban J connectivity index is 1.40. The molecule has 3 aromatic rings. The molecular weight excluding hydrogens is 414 g/mol. The Kier molecular flexibility index (Phi) is 6.67. The van der Waals surface area contributed by atoms with Gasteiger partial charge in [-0.15, -0.1) is 0 Å². The molecule has 1 aliphatic heterocycles. The van der Waals surface area contributed by atoms with E-state index in [9.17, 15) is 4.79 Å². The first-order valence-electron chi connectivity index (χ1n) is 10.3. The number of aromatic nitrogens is 2. The van der Waals surface area contributed by atoms with Gasteiger partial charge in [-0.3, -0.25) is 4.79 Å². The molecule has 0 unspecified atom stereocenters. The van der Waals surface area contributed by atoms with Crippen LogP contribution in [0.1, 0.15) is 34.7 Å². The summed E-state index contributed by atoms with van der Waals surface area (Å²) in [5, 5.41) is 3.99. The van der Waals surface area contributed by atoms with E-state index in [1.165, 1.54) is 5.56 Å². The van der Waals surface area contributed by atoms with Gasteiger partial charge in [0.25, 0.3) is 5.91 Å². The maximum Gasteiger partial charge on any atom is 0.287 e. The lowest BCUT2D eigenvalue weighted by Gasteiger charge is -2.38. The summed E-state index contributed by atoms with van der Waals surface area (Å²) in [6, 6.07) is 11.7. The molecule has 1 amide bonds. The van der Waals surface area contributed by atoms with Crippen LogP contribution < -0.4 is 10.1 Å². The molecule has 31 heavy (non-hydrogen) atoms. The summed E-state index contributed by atoms with van der Waals surface area (Å²) in [5.74, 6) is 2.31. The highest BCUT2D eigenvalue weighted by Gasteiger charge is 2.35. The molecule has 1 aliphatic rings. The van der Waals surface area contributed by atoms with Crippen molar-refractivity contribution >= 4 is 17.7 Å². The highest BCUT2D eigenvalue weighted by atomic mass is 32.2. The lowest BCUT2D eigenvalue weighted by molar-refractivity contribution is 0.0484. The van der Waals surface area contributed by atoms with Crippen LogP contribution in [0.4, 0.5) is 0 Å². The van der Waals surface area contributed by atoms with Crippen LogP contribution >= 0.6 is 11.8 Å². The number of imidazole rings is 1. The molecule has 0 aliphatic carbocycles. The molecule has 8 heteroatoms. The minimum atomic E-state index is -0.201. The molecule has 4 rings (SSSR count). The Morgan fingerprint density at radius 1 is 1.23 bits per heavy atom. The SMILES string of the molecule is COc1ccc(C2(CNC(=O)c3ccc(CSc4nccn4C)o3)CCOCC2)cc1. The molecule has 2 aromatic heterocycles. The number of rotatable bonds is 8. The third-order valence-electron chi connectivity index (χ3n) is 5.75. The number of hydrogen-bond acceptors (Lipinski definition) is 6. The number of furan rings is 1. The van der Waals surface area contributed by atoms with Crippen molar-refractivity contribution in [2.24, 2.45) is 7.05 Å². The Bertz CT molecular complexity index is 1010. The van der Waals surface area contributed by atoms with Gasteiger partial charge in [0, 0.05) is 44.6 Å². The third kappa shape index (κ3) is 4.97. The van der Waals surface area contributed by atoms with E-state index >= 15 is 0 Å². The van der Waals surface area contributed by atoms with Gasteiger partial charge in [-0.25, -0.2) is 4.98 Å². The van der Waals surface area contributed by atoms with Crippen molar-refractivity contribution in [3.63, 3.8) is 0 Å². The molecular formula is C23H27N3O4S. The van der Waals surface area contributed by atoms with Crippen LogP contribution in [0.15, 0.2) is 58.4 Å². The van der Waals surface area contributed by atoms with Crippen molar-refractivity contribution in [3.8, 4) is 5.75 Å². The second kappa shape index (κ2) is 9.62. The number of hydrogen-bond donors (Lipinski definition) is 1. The first kappa shape index (κ1) is 21.5. The molecule has 1 N–H and O–H groups in total. The van der Waals surface area contributed by atoms with E-state index in [0.717, 1.165) is 29.5 Å². The Morgan fingerprint density at radius 2 is 2.00 bits per heavy atom. The van der Waals surface area contributed by atoms with Crippen molar-refractivity contribution in [2.75, 3.05) is 26.9 Å². The van der Waals surface area contributed by atoms with Gasteiger partial charge in [-0.05, 0) is 42.7 Å². The minimum Gasteiger partial charge on any atom is -0.497 e. The van der Waals surface area contributed by atoms with Crippen LogP contribution in [0.3, 0.4) is 0 Å². The summed E-state index contributed by atoms with van der Waals surface area (Å²) in [5.41, 5.74) is 1.02. The zero-order valence-corrected chi connectivity index (χ0v) is 18.6. The molecule has 0 spiro atoms. The molecule has 0 radical (unpaired) electrons. The number of benzene rings is 1. The average Bonchev–Trinajstić information content (AvgIpc) is 3.45. The molecule has 0 atom stereocenters. The van der Waals surface area contributed by atoms with Crippen LogP contribution in [0.5, 0.6) is 5.75 Å². The lowest BCUT2D eigenvalue weighted by atomic mass is 9.74. The fourth-order valence-corrected chi connectivity index (χ4v) is 4.64. The van der Waals surface area contributed by atoms with E-state index < -0.39 is 0 Å². The van der Waals surface area contributed by atoms with Crippen molar-refractivity contribution < 1.29 is 18.7 Å². The second-order valence-electron chi connectivity index (χ2n) is 7.68. The maximum absolute atomic E-state index is 12.8. The number of thioether (sulfide) groups is 1. The topological polar surface area (TPSA) is 78.5 Å². The van der Waals surface area contributed by atoms with Crippen LogP contribution in [0.25, 0.3) is 0 Å². The zero-order valence-electron chi connectivity index (χ0n) is 17.8. The summed E-state index contributed by atoms with van der Waals surface area (Å²) in [4.78, 5) is 17.1. The summed E-state index contributed by atoms with van der Waals surface area (Å²) in [7, 11) is 3.61. The molecule has 0 saturated carbocycles. The molecule has 7 nitrogen and oxygen atoms in total. The van der Waals surface area contributed by atoms with Crippen LogP contribution in [-0.4, -0.2) is 42.3 Å². The zero-order chi connectivity index (χ0) is 21.7. The Hall–Kier alpha value is -2.71. The van der Waals surface area contributed by atoms with Gasteiger partial charge in [0.2, 0.25) is 0 Å². The van der Waals surface area contributed by atoms with Crippen LogP contribution in [0, 0.1) is 0 Å². The smallest absolute Gasteiger partial charge is 0.287 e. The van der Waals surface area contributed by atoms with Gasteiger partial charge in [0.05, 0.1) is 12.9 Å². The number of carbonyl (C=O) groups is 1. The Morgan fingerprint density at radius 3 is 2.68 bits per heavy atom. The quantitative estimate of drug-likeness (QED) is 0.536. The van der Waals surface area contributed by atoms with Crippen molar-refractivity contribution in [1.29, 1.82) is 0 Å². The highest BCUT2D eigenvalue weighted by molar-refractivity contribution is 7.98. The van der Waals surface area contributed by atoms with Gasteiger partial charge in [-0.1, -0.05) is 23.9 Å². The Labute approximate surface area is 186 Å². The van der Waals surface area contributed by atoms with Gasteiger partial charge in [0.1, 0.15) is 11.5 Å². The van der Waals surface area contributed by atoms with Crippen LogP contribution in [0.2, 0.25) is 0 Å². The van der Waals surface area contributed by atoms with Crippen molar-refractivity contribution in [3.05, 3.63) is 65.9 Å². The van der Waals surface area contributed by atoms with Crippen molar-refractivity contribution in [2.45, 2.75) is 29.2 Å². The summed E-state index contributed by atoms with van der Waals surface area (Å²) < 4.78 is 18.6. The average molecular weight is 442 g/mol. The summed E-state index contributed by atoms with van der Waals surface area (Å²) in [6.07, 6.45) is 5.36. The molecule has 164 valence electrons. The number of amides is 1. The predicted octanol–water partition coefficient (Wildman–Crippen LogP) is 3.79. The van der Waals surface area contributed by atoms with Gasteiger partial charge < -0.3 is 23.8 Å². The lowest BCUT2D eigenvalue weighted by Crippen LogP contribution is -2.44. The molecule has 1 aromatic carbocycles. The van der Waals surface area contributed by atoms with E-state index in [2.05, 4.69) is 22.4 Å². The number of methoxy groups -OCH3 is 1. The van der Waals surface area contributed by atoms with E-state index in [1.54, 1.807) is 31.1 Å². The van der Waals surface area contributed by atoms with Gasteiger partial charge in [0.15, 0.2) is 10.9 Å². The standard InChI is InChI=1S/C23H27N3O4S/c1-26-12-11-24-22(26)31-15-19-7-8-20(30-19)21(27)25-16-23(9-13-29-14-10-23)17-3-5-18(28-2)6-4-17/h3-8,11-12H,9-10,13-16H2,1-2H3,(H,25,27). The first-order valence-corrected chi connectivity index (χ1v) is 11.3.